The third kappa shape index (κ3) is 2.20. The van der Waals surface area contributed by atoms with Gasteiger partial charge in [0.25, 0.3) is 0 Å². The first-order valence-electron chi connectivity index (χ1n) is 5.58. The zero-order valence-corrected chi connectivity index (χ0v) is 11.2. The molecule has 0 saturated heterocycles. The number of aromatic carboxylic acids is 1. The average Bonchev–Trinajstić information content (AvgIpc) is 2.65. The van der Waals surface area contributed by atoms with Crippen LogP contribution in [-0.4, -0.2) is 15.6 Å². The van der Waals surface area contributed by atoms with E-state index < -0.39 is 5.97 Å². The first kappa shape index (κ1) is 13.2. The summed E-state index contributed by atoms with van der Waals surface area (Å²) in [6.45, 7) is 3.68. The van der Waals surface area contributed by atoms with Crippen molar-refractivity contribution in [2.45, 2.75) is 13.8 Å². The number of hydrogen-bond acceptors (Lipinski definition) is 2. The van der Waals surface area contributed by atoms with Crippen molar-refractivity contribution in [3.05, 3.63) is 51.8 Å². The summed E-state index contributed by atoms with van der Waals surface area (Å²) in [5, 5.41) is 18.3. The molecule has 1 aromatic carbocycles. The summed E-state index contributed by atoms with van der Waals surface area (Å²) >= 11 is 5.85. The fraction of sp³-hybridized carbons (Fsp3) is 0.143. The van der Waals surface area contributed by atoms with Crippen molar-refractivity contribution < 1.29 is 9.90 Å². The Morgan fingerprint density at radius 3 is 2.58 bits per heavy atom. The Bertz CT molecular complexity index is 711. The van der Waals surface area contributed by atoms with E-state index in [0.717, 1.165) is 11.4 Å². The maximum Gasteiger partial charge on any atom is 0.337 e. The lowest BCUT2D eigenvalue weighted by Gasteiger charge is -2.11. The van der Waals surface area contributed by atoms with E-state index in [2.05, 4.69) is 6.07 Å². The summed E-state index contributed by atoms with van der Waals surface area (Å²) < 4.78 is 1.83. The molecule has 5 heteroatoms. The van der Waals surface area contributed by atoms with E-state index in [1.54, 1.807) is 18.2 Å². The lowest BCUT2D eigenvalue weighted by molar-refractivity contribution is 0.0697. The fourth-order valence-corrected chi connectivity index (χ4v) is 2.29. The van der Waals surface area contributed by atoms with Crippen molar-refractivity contribution in [2.24, 2.45) is 0 Å². The Balaban J connectivity index is 2.67. The largest absolute Gasteiger partial charge is 0.478 e. The van der Waals surface area contributed by atoms with E-state index in [9.17, 15) is 4.79 Å². The molecule has 0 spiro atoms. The number of rotatable bonds is 2. The molecule has 0 saturated carbocycles. The number of benzene rings is 1. The van der Waals surface area contributed by atoms with E-state index in [0.29, 0.717) is 11.3 Å². The van der Waals surface area contributed by atoms with Crippen LogP contribution in [-0.2, 0) is 0 Å². The highest BCUT2D eigenvalue weighted by molar-refractivity contribution is 6.33. The number of carboxylic acid groups (broad SMARTS) is 1. The molecule has 0 unspecified atom stereocenters. The minimum atomic E-state index is -1.07. The molecule has 0 bridgehead atoms. The summed E-state index contributed by atoms with van der Waals surface area (Å²) in [6.07, 6.45) is 0. The topological polar surface area (TPSA) is 66.0 Å². The Morgan fingerprint density at radius 2 is 2.05 bits per heavy atom. The molecule has 0 aliphatic heterocycles. The van der Waals surface area contributed by atoms with Crippen molar-refractivity contribution in [3.8, 4) is 11.8 Å². The molecular formula is C14H11ClN2O2. The molecule has 96 valence electrons. The highest BCUT2D eigenvalue weighted by Crippen LogP contribution is 2.24. The number of aromatic nitrogens is 1. The highest BCUT2D eigenvalue weighted by Gasteiger charge is 2.14. The second kappa shape index (κ2) is 4.79. The number of nitrogens with zero attached hydrogens (tertiary/aromatic N) is 2. The molecule has 0 fully saturated rings. The van der Waals surface area contributed by atoms with Gasteiger partial charge in [-0.05, 0) is 38.1 Å². The predicted octanol–water partition coefficient (Wildman–Crippen LogP) is 3.32. The maximum absolute atomic E-state index is 11.1. The number of aryl methyl sites for hydroxylation is 1. The standard InChI is InChI=1S/C14H11ClN2O2/c1-8-5-10(7-16)9(2)17(8)11-3-4-13(15)12(6-11)14(18)19/h3-6H,1-2H3,(H,18,19). The average molecular weight is 275 g/mol. The molecular weight excluding hydrogens is 264 g/mol. The van der Waals surface area contributed by atoms with E-state index in [4.69, 9.17) is 22.0 Å². The molecule has 0 aliphatic carbocycles. The molecule has 0 radical (unpaired) electrons. The Kier molecular flexibility index (Phi) is 3.32. The van der Waals surface area contributed by atoms with E-state index in [-0.39, 0.29) is 10.6 Å². The van der Waals surface area contributed by atoms with Gasteiger partial charge in [0.1, 0.15) is 6.07 Å². The summed E-state index contributed by atoms with van der Waals surface area (Å²) in [7, 11) is 0. The van der Waals surface area contributed by atoms with Crippen molar-refractivity contribution in [1.29, 1.82) is 5.26 Å². The minimum absolute atomic E-state index is 0.0465. The Hall–Kier alpha value is -2.25. The van der Waals surface area contributed by atoms with Crippen LogP contribution >= 0.6 is 11.6 Å². The zero-order valence-electron chi connectivity index (χ0n) is 10.4. The highest BCUT2D eigenvalue weighted by atomic mass is 35.5. The summed E-state index contributed by atoms with van der Waals surface area (Å²) in [6, 6.07) is 8.66. The van der Waals surface area contributed by atoms with Crippen LogP contribution in [0.3, 0.4) is 0 Å². The van der Waals surface area contributed by atoms with Crippen molar-refractivity contribution in [3.63, 3.8) is 0 Å². The third-order valence-corrected chi connectivity index (χ3v) is 3.32. The van der Waals surface area contributed by atoms with Gasteiger partial charge in [0.2, 0.25) is 0 Å². The molecule has 1 aromatic heterocycles. The van der Waals surface area contributed by atoms with Gasteiger partial charge in [-0.15, -0.1) is 0 Å². The Morgan fingerprint density at radius 1 is 1.37 bits per heavy atom. The quantitative estimate of drug-likeness (QED) is 0.913. The van der Waals surface area contributed by atoms with Gasteiger partial charge in [-0.25, -0.2) is 4.79 Å². The van der Waals surface area contributed by atoms with Crippen LogP contribution in [0.2, 0.25) is 5.02 Å². The molecule has 2 rings (SSSR count). The number of hydrogen-bond donors (Lipinski definition) is 1. The second-order valence-electron chi connectivity index (χ2n) is 4.20. The first-order valence-corrected chi connectivity index (χ1v) is 5.95. The smallest absolute Gasteiger partial charge is 0.337 e. The first-order chi connectivity index (χ1) is 8.95. The number of carboxylic acids is 1. The summed E-state index contributed by atoms with van der Waals surface area (Å²) in [5.41, 5.74) is 2.94. The van der Waals surface area contributed by atoms with E-state index in [1.807, 2.05) is 18.4 Å². The predicted molar refractivity (Wildman–Crippen MR) is 71.9 cm³/mol. The summed E-state index contributed by atoms with van der Waals surface area (Å²) in [4.78, 5) is 11.1. The number of halogens is 1. The van der Waals surface area contributed by atoms with Gasteiger partial charge >= 0.3 is 5.97 Å². The van der Waals surface area contributed by atoms with Gasteiger partial charge in [-0.3, -0.25) is 0 Å². The van der Waals surface area contributed by atoms with E-state index >= 15 is 0 Å². The third-order valence-electron chi connectivity index (χ3n) is 2.99. The minimum Gasteiger partial charge on any atom is -0.478 e. The summed E-state index contributed by atoms with van der Waals surface area (Å²) in [5.74, 6) is -1.07. The van der Waals surface area contributed by atoms with Crippen molar-refractivity contribution >= 4 is 17.6 Å². The molecule has 2 aromatic rings. The van der Waals surface area contributed by atoms with Gasteiger partial charge < -0.3 is 9.67 Å². The molecule has 0 amide bonds. The molecule has 4 nitrogen and oxygen atoms in total. The lowest BCUT2D eigenvalue weighted by atomic mass is 10.2. The van der Waals surface area contributed by atoms with Crippen LogP contribution < -0.4 is 0 Å². The van der Waals surface area contributed by atoms with Crippen molar-refractivity contribution in [1.82, 2.24) is 4.57 Å². The number of nitriles is 1. The van der Waals surface area contributed by atoms with E-state index in [1.165, 1.54) is 6.07 Å². The fourth-order valence-electron chi connectivity index (χ4n) is 2.09. The monoisotopic (exact) mass is 274 g/mol. The maximum atomic E-state index is 11.1. The second-order valence-corrected chi connectivity index (χ2v) is 4.61. The van der Waals surface area contributed by atoms with Crippen molar-refractivity contribution in [2.75, 3.05) is 0 Å². The van der Waals surface area contributed by atoms with Gasteiger partial charge in [-0.2, -0.15) is 5.26 Å². The van der Waals surface area contributed by atoms with Gasteiger partial charge in [0.15, 0.2) is 0 Å². The van der Waals surface area contributed by atoms with Gasteiger partial charge in [0.05, 0.1) is 16.1 Å². The van der Waals surface area contributed by atoms with Crippen LogP contribution in [0.1, 0.15) is 27.3 Å². The van der Waals surface area contributed by atoms with Crippen LogP contribution in [0.5, 0.6) is 0 Å². The van der Waals surface area contributed by atoms with Crippen LogP contribution in [0.25, 0.3) is 5.69 Å². The zero-order chi connectivity index (χ0) is 14.2. The molecule has 1 N–H and O–H groups in total. The Labute approximate surface area is 115 Å². The van der Waals surface area contributed by atoms with Crippen LogP contribution in [0.4, 0.5) is 0 Å². The normalized spacial score (nSPS) is 10.2. The SMILES string of the molecule is Cc1cc(C#N)c(C)n1-c1ccc(Cl)c(C(=O)O)c1. The van der Waals surface area contributed by atoms with Gasteiger partial charge in [0, 0.05) is 17.1 Å². The van der Waals surface area contributed by atoms with Gasteiger partial charge in [-0.1, -0.05) is 11.6 Å². The van der Waals surface area contributed by atoms with Crippen LogP contribution in [0, 0.1) is 25.2 Å². The van der Waals surface area contributed by atoms with Crippen LogP contribution in [0.15, 0.2) is 24.3 Å². The number of carbonyl (C=O) groups is 1. The molecule has 0 aliphatic rings. The molecule has 1 heterocycles. The lowest BCUT2D eigenvalue weighted by Crippen LogP contribution is -2.03. The molecule has 19 heavy (non-hydrogen) atoms. The molecule has 0 atom stereocenters.